The molecular formula is C26H20N6O3S. The molecule has 0 spiro atoms. The second kappa shape index (κ2) is 8.35. The molecule has 36 heavy (non-hydrogen) atoms. The molecule has 0 aliphatic rings. The number of aromatic nitrogens is 5. The van der Waals surface area contributed by atoms with Crippen molar-refractivity contribution in [2.75, 3.05) is 0 Å². The minimum atomic E-state index is -0.398. The first kappa shape index (κ1) is 22.1. The third-order valence-electron chi connectivity index (χ3n) is 6.05. The quantitative estimate of drug-likeness (QED) is 0.214. The zero-order valence-corrected chi connectivity index (χ0v) is 20.5. The Bertz CT molecular complexity index is 1820. The number of fused-ring (bicyclic) bond motifs is 5. The van der Waals surface area contributed by atoms with E-state index in [2.05, 4.69) is 23.1 Å². The Labute approximate surface area is 209 Å². The van der Waals surface area contributed by atoms with Crippen molar-refractivity contribution in [2.24, 2.45) is 0 Å². The maximum atomic E-state index is 11.0. The average Bonchev–Trinajstić information content (AvgIpc) is 3.44. The molecule has 4 aromatic heterocycles. The lowest BCUT2D eigenvalue weighted by Crippen LogP contribution is -1.98. The maximum Gasteiger partial charge on any atom is 0.272 e. The van der Waals surface area contributed by atoms with Crippen molar-refractivity contribution < 1.29 is 9.66 Å². The highest BCUT2D eigenvalue weighted by atomic mass is 32.1. The second-order valence-electron chi connectivity index (χ2n) is 8.68. The van der Waals surface area contributed by atoms with Crippen molar-refractivity contribution >= 4 is 43.1 Å². The number of nitrogens with zero attached hydrogens (tertiary/aromatic N) is 6. The van der Waals surface area contributed by atoms with E-state index in [4.69, 9.17) is 14.7 Å². The Morgan fingerprint density at radius 2 is 1.92 bits per heavy atom. The van der Waals surface area contributed by atoms with Crippen molar-refractivity contribution in [2.45, 2.75) is 27.4 Å². The van der Waals surface area contributed by atoms with Crippen LogP contribution in [-0.2, 0) is 6.61 Å². The lowest BCUT2D eigenvalue weighted by Gasteiger charge is -2.08. The SMILES string of the molecule is Cc1cc(C)c2c(n1)sc1c2ncn2nc(-c3cccc(COc4ccc([N+](=O)[O-])c(C)c4)c3)nc12. The molecule has 0 amide bonds. The summed E-state index contributed by atoms with van der Waals surface area (Å²) < 4.78 is 8.55. The van der Waals surface area contributed by atoms with E-state index in [9.17, 15) is 10.1 Å². The van der Waals surface area contributed by atoms with Crippen LogP contribution in [0.5, 0.6) is 5.75 Å². The van der Waals surface area contributed by atoms with Gasteiger partial charge in [0.25, 0.3) is 5.69 Å². The molecule has 6 rings (SSSR count). The van der Waals surface area contributed by atoms with Gasteiger partial charge in [0, 0.05) is 28.3 Å². The molecule has 0 N–H and O–H groups in total. The first-order valence-electron chi connectivity index (χ1n) is 11.3. The van der Waals surface area contributed by atoms with Crippen LogP contribution in [0.2, 0.25) is 0 Å². The van der Waals surface area contributed by atoms with E-state index in [1.54, 1.807) is 41.2 Å². The van der Waals surface area contributed by atoms with Crippen LogP contribution in [0.4, 0.5) is 5.69 Å². The fraction of sp³-hybridized carbons (Fsp3) is 0.154. The van der Waals surface area contributed by atoms with Gasteiger partial charge in [0.2, 0.25) is 0 Å². The van der Waals surface area contributed by atoms with Gasteiger partial charge in [-0.05, 0) is 56.2 Å². The standard InChI is InChI=1S/C26H20N6O3S/c1-14-10-19(7-8-20(14)32(33)34)35-12-17-5-4-6-18(11-17)24-29-25-23-22(27-13-31(25)30-24)21-15(2)9-16(3)28-26(21)36-23/h4-11,13H,12H2,1-3H3. The molecule has 0 saturated heterocycles. The summed E-state index contributed by atoms with van der Waals surface area (Å²) in [5.41, 5.74) is 6.20. The van der Waals surface area contributed by atoms with E-state index in [1.807, 2.05) is 31.2 Å². The molecule has 4 heterocycles. The van der Waals surface area contributed by atoms with Gasteiger partial charge in [0.15, 0.2) is 11.5 Å². The van der Waals surface area contributed by atoms with E-state index in [0.717, 1.165) is 48.5 Å². The van der Waals surface area contributed by atoms with E-state index in [1.165, 1.54) is 6.07 Å². The highest BCUT2D eigenvalue weighted by Gasteiger charge is 2.17. The highest BCUT2D eigenvalue weighted by Crippen LogP contribution is 2.36. The van der Waals surface area contributed by atoms with Crippen molar-refractivity contribution in [1.82, 2.24) is 24.6 Å². The van der Waals surface area contributed by atoms with Gasteiger partial charge in [-0.25, -0.2) is 19.5 Å². The second-order valence-corrected chi connectivity index (χ2v) is 9.68. The third-order valence-corrected chi connectivity index (χ3v) is 7.12. The zero-order chi connectivity index (χ0) is 25.0. The minimum absolute atomic E-state index is 0.0746. The Balaban J connectivity index is 1.32. The van der Waals surface area contributed by atoms with Gasteiger partial charge in [-0.15, -0.1) is 16.4 Å². The van der Waals surface area contributed by atoms with E-state index in [0.29, 0.717) is 23.7 Å². The summed E-state index contributed by atoms with van der Waals surface area (Å²) in [4.78, 5) is 25.8. The third kappa shape index (κ3) is 3.72. The van der Waals surface area contributed by atoms with E-state index >= 15 is 0 Å². The predicted molar refractivity (Wildman–Crippen MR) is 139 cm³/mol. The molecule has 0 fully saturated rings. The topological polar surface area (TPSA) is 108 Å². The molecule has 9 nitrogen and oxygen atoms in total. The lowest BCUT2D eigenvalue weighted by atomic mass is 10.1. The highest BCUT2D eigenvalue weighted by molar-refractivity contribution is 7.26. The van der Waals surface area contributed by atoms with Gasteiger partial charge < -0.3 is 4.74 Å². The average molecular weight is 497 g/mol. The maximum absolute atomic E-state index is 11.0. The number of ether oxygens (including phenoxy) is 1. The Morgan fingerprint density at radius 3 is 2.72 bits per heavy atom. The molecule has 0 bridgehead atoms. The van der Waals surface area contributed by atoms with Crippen molar-refractivity contribution in [3.8, 4) is 17.1 Å². The van der Waals surface area contributed by atoms with Crippen molar-refractivity contribution in [3.63, 3.8) is 0 Å². The number of nitro benzene ring substituents is 1. The van der Waals surface area contributed by atoms with Crippen LogP contribution in [0.15, 0.2) is 54.9 Å². The van der Waals surface area contributed by atoms with Gasteiger partial charge in [0.1, 0.15) is 28.2 Å². The zero-order valence-electron chi connectivity index (χ0n) is 19.7. The first-order chi connectivity index (χ1) is 17.4. The summed E-state index contributed by atoms with van der Waals surface area (Å²) in [5.74, 6) is 1.17. The van der Waals surface area contributed by atoms with Crippen LogP contribution in [0.1, 0.15) is 22.4 Å². The molecule has 10 heteroatoms. The number of nitro groups is 1. The largest absolute Gasteiger partial charge is 0.489 e. The van der Waals surface area contributed by atoms with Gasteiger partial charge in [-0.3, -0.25) is 10.1 Å². The summed E-state index contributed by atoms with van der Waals surface area (Å²) in [7, 11) is 0. The van der Waals surface area contributed by atoms with Gasteiger partial charge in [-0.2, -0.15) is 0 Å². The minimum Gasteiger partial charge on any atom is -0.489 e. The molecule has 0 saturated carbocycles. The number of hydrogen-bond donors (Lipinski definition) is 0. The van der Waals surface area contributed by atoms with Gasteiger partial charge >= 0.3 is 0 Å². The molecular weight excluding hydrogens is 476 g/mol. The van der Waals surface area contributed by atoms with Crippen molar-refractivity contribution in [3.05, 3.63) is 87.4 Å². The summed E-state index contributed by atoms with van der Waals surface area (Å²) in [6, 6.07) is 14.7. The molecule has 0 radical (unpaired) electrons. The van der Waals surface area contributed by atoms with E-state index in [-0.39, 0.29) is 5.69 Å². The number of hydrogen-bond acceptors (Lipinski definition) is 8. The molecule has 0 aliphatic heterocycles. The van der Waals surface area contributed by atoms with Crippen LogP contribution in [0, 0.1) is 30.9 Å². The molecule has 178 valence electrons. The summed E-state index contributed by atoms with van der Waals surface area (Å²) in [6.45, 7) is 6.08. The Kier molecular flexibility index (Phi) is 5.11. The monoisotopic (exact) mass is 496 g/mol. The number of rotatable bonds is 5. The van der Waals surface area contributed by atoms with Crippen LogP contribution in [0.25, 0.3) is 37.5 Å². The summed E-state index contributed by atoms with van der Waals surface area (Å²) in [5, 5.41) is 16.8. The normalized spacial score (nSPS) is 11.5. The number of pyridine rings is 1. The van der Waals surface area contributed by atoms with Crippen molar-refractivity contribution in [1.29, 1.82) is 0 Å². The Hall–Kier alpha value is -4.44. The molecule has 0 aliphatic carbocycles. The number of thiophene rings is 1. The molecule has 2 aromatic carbocycles. The number of benzene rings is 2. The van der Waals surface area contributed by atoms with Crippen LogP contribution in [-0.4, -0.2) is 29.5 Å². The van der Waals surface area contributed by atoms with Gasteiger partial charge in [0.05, 0.1) is 10.4 Å². The smallest absolute Gasteiger partial charge is 0.272 e. The number of aryl methyl sites for hydroxylation is 3. The van der Waals surface area contributed by atoms with Gasteiger partial charge in [-0.1, -0.05) is 18.2 Å². The molecule has 6 aromatic rings. The summed E-state index contributed by atoms with van der Waals surface area (Å²) in [6.07, 6.45) is 1.70. The fourth-order valence-corrected chi connectivity index (χ4v) is 5.61. The molecule has 0 unspecified atom stereocenters. The fourth-order valence-electron chi connectivity index (χ4n) is 4.38. The molecule has 0 atom stereocenters. The lowest BCUT2D eigenvalue weighted by molar-refractivity contribution is -0.385. The Morgan fingerprint density at radius 1 is 1.06 bits per heavy atom. The first-order valence-corrected chi connectivity index (χ1v) is 12.1. The van der Waals surface area contributed by atoms with Crippen LogP contribution >= 0.6 is 11.3 Å². The predicted octanol–water partition coefficient (Wildman–Crippen LogP) is 5.97. The van der Waals surface area contributed by atoms with Crippen LogP contribution < -0.4 is 4.74 Å². The van der Waals surface area contributed by atoms with E-state index < -0.39 is 4.92 Å². The summed E-state index contributed by atoms with van der Waals surface area (Å²) >= 11 is 1.58. The van der Waals surface area contributed by atoms with Crippen LogP contribution in [0.3, 0.4) is 0 Å².